The molecule has 9 heteroatoms. The van der Waals surface area contributed by atoms with Crippen LogP contribution < -0.4 is 16.0 Å². The Balaban J connectivity index is 1.53. The van der Waals surface area contributed by atoms with Crippen LogP contribution in [-0.4, -0.2) is 64.8 Å². The Labute approximate surface area is 211 Å². The smallest absolute Gasteiger partial charge is 0.219 e. The Morgan fingerprint density at radius 3 is 2.67 bits per heavy atom. The van der Waals surface area contributed by atoms with Crippen molar-refractivity contribution in [1.82, 2.24) is 15.0 Å². The van der Waals surface area contributed by atoms with Gasteiger partial charge in [-0.05, 0) is 61.1 Å². The van der Waals surface area contributed by atoms with E-state index in [0.717, 1.165) is 54.3 Å². The number of anilines is 3. The second-order valence-electron chi connectivity index (χ2n) is 9.18. The van der Waals surface area contributed by atoms with Gasteiger partial charge in [-0.3, -0.25) is 4.79 Å². The van der Waals surface area contributed by atoms with Gasteiger partial charge >= 0.3 is 0 Å². The van der Waals surface area contributed by atoms with E-state index in [4.69, 9.17) is 15.5 Å². The molecule has 0 spiro atoms. The van der Waals surface area contributed by atoms with Crippen LogP contribution in [0.4, 0.5) is 17.6 Å². The van der Waals surface area contributed by atoms with Crippen molar-refractivity contribution in [3.8, 4) is 11.1 Å². The molecule has 0 unspecified atom stereocenters. The van der Waals surface area contributed by atoms with Crippen molar-refractivity contribution >= 4 is 23.4 Å². The number of nitrogens with zero attached hydrogens (tertiary/aromatic N) is 4. The van der Waals surface area contributed by atoms with E-state index in [2.05, 4.69) is 51.4 Å². The molecular formula is C27H34N6O3. The van der Waals surface area contributed by atoms with E-state index in [-0.39, 0.29) is 24.4 Å². The summed E-state index contributed by atoms with van der Waals surface area (Å²) in [5, 5.41) is 12.8. The van der Waals surface area contributed by atoms with Gasteiger partial charge in [-0.1, -0.05) is 18.2 Å². The average molecular weight is 491 g/mol. The minimum absolute atomic E-state index is 0.0142. The zero-order chi connectivity index (χ0) is 25.5. The number of nitrogen functional groups attached to an aromatic ring is 1. The van der Waals surface area contributed by atoms with Crippen molar-refractivity contribution in [2.24, 2.45) is 0 Å². The first-order valence-corrected chi connectivity index (χ1v) is 12.4. The molecule has 190 valence electrons. The molecule has 3 aromatic rings. The summed E-state index contributed by atoms with van der Waals surface area (Å²) in [5.41, 5.74) is 10.5. The average Bonchev–Trinajstić information content (AvgIpc) is 2.90. The van der Waals surface area contributed by atoms with E-state index in [9.17, 15) is 9.90 Å². The second-order valence-corrected chi connectivity index (χ2v) is 9.18. The first kappa shape index (κ1) is 25.5. The van der Waals surface area contributed by atoms with Gasteiger partial charge in [0, 0.05) is 37.9 Å². The number of ketones is 1. The van der Waals surface area contributed by atoms with E-state index >= 15 is 0 Å². The van der Waals surface area contributed by atoms with Gasteiger partial charge in [-0.2, -0.15) is 0 Å². The molecule has 1 aliphatic rings. The molecule has 36 heavy (non-hydrogen) atoms. The van der Waals surface area contributed by atoms with Gasteiger partial charge in [0.2, 0.25) is 5.95 Å². The number of hydrogen-bond donors (Lipinski definition) is 3. The number of pyridine rings is 1. The van der Waals surface area contributed by atoms with Crippen LogP contribution in [0.5, 0.6) is 0 Å². The van der Waals surface area contributed by atoms with E-state index in [1.807, 2.05) is 13.0 Å². The highest BCUT2D eigenvalue weighted by Gasteiger charge is 2.17. The lowest BCUT2D eigenvalue weighted by Crippen LogP contribution is -2.37. The topological polar surface area (TPSA) is 126 Å². The number of hydrogen-bond acceptors (Lipinski definition) is 9. The van der Waals surface area contributed by atoms with Crippen molar-refractivity contribution in [2.75, 3.05) is 48.9 Å². The summed E-state index contributed by atoms with van der Waals surface area (Å²) < 4.78 is 5.52. The number of nitrogens with two attached hydrogens (primary N) is 1. The van der Waals surface area contributed by atoms with Crippen LogP contribution >= 0.6 is 0 Å². The largest absolute Gasteiger partial charge is 0.394 e. The maximum atomic E-state index is 12.5. The fraction of sp³-hybridized carbons (Fsp3) is 0.407. The zero-order valence-electron chi connectivity index (χ0n) is 20.9. The van der Waals surface area contributed by atoms with Crippen molar-refractivity contribution in [3.05, 3.63) is 59.4 Å². The molecule has 1 saturated heterocycles. The lowest BCUT2D eigenvalue weighted by atomic mass is 9.96. The number of carbonyl (C=O) groups excluding carboxylic acids is 1. The summed E-state index contributed by atoms with van der Waals surface area (Å²) in [4.78, 5) is 27.3. The molecule has 2 aromatic heterocycles. The second kappa shape index (κ2) is 11.9. The fourth-order valence-corrected chi connectivity index (χ4v) is 4.21. The molecule has 1 atom stereocenters. The molecule has 1 fully saturated rings. The molecule has 3 heterocycles. The number of carbonyl (C=O) groups is 1. The SMILES string of the molecule is Cc1ccc(CCCC(=O)c2cnc(N)nc2)cc1-c1cc(N[C@H](C)CO)nc(N2CCOCC2)c1. The lowest BCUT2D eigenvalue weighted by Gasteiger charge is -2.29. The van der Waals surface area contributed by atoms with Gasteiger partial charge in [-0.15, -0.1) is 0 Å². The van der Waals surface area contributed by atoms with Crippen LogP contribution in [-0.2, 0) is 11.2 Å². The van der Waals surface area contributed by atoms with Gasteiger partial charge in [0.05, 0.1) is 25.4 Å². The number of ether oxygens (including phenoxy) is 1. The Morgan fingerprint density at radius 2 is 1.94 bits per heavy atom. The van der Waals surface area contributed by atoms with Gasteiger partial charge in [0.1, 0.15) is 11.6 Å². The Morgan fingerprint density at radius 1 is 1.19 bits per heavy atom. The molecule has 1 aromatic carbocycles. The molecule has 0 saturated carbocycles. The molecule has 4 N–H and O–H groups in total. The van der Waals surface area contributed by atoms with Crippen LogP contribution in [0.15, 0.2) is 42.7 Å². The maximum absolute atomic E-state index is 12.5. The number of aromatic nitrogens is 3. The highest BCUT2D eigenvalue weighted by atomic mass is 16.5. The summed E-state index contributed by atoms with van der Waals surface area (Å²) in [7, 11) is 0. The maximum Gasteiger partial charge on any atom is 0.219 e. The van der Waals surface area contributed by atoms with Crippen molar-refractivity contribution in [3.63, 3.8) is 0 Å². The molecular weight excluding hydrogens is 456 g/mol. The summed E-state index contributed by atoms with van der Waals surface area (Å²) in [6.45, 7) is 6.98. The molecule has 0 amide bonds. The summed E-state index contributed by atoms with van der Waals surface area (Å²) in [6.07, 6.45) is 4.88. The molecule has 0 radical (unpaired) electrons. The predicted octanol–water partition coefficient (Wildman–Crippen LogP) is 3.26. The third-order valence-corrected chi connectivity index (χ3v) is 6.29. The van der Waals surface area contributed by atoms with Gasteiger partial charge in [-0.25, -0.2) is 15.0 Å². The number of benzene rings is 1. The molecule has 0 bridgehead atoms. The molecule has 0 aliphatic carbocycles. The third-order valence-electron chi connectivity index (χ3n) is 6.29. The van der Waals surface area contributed by atoms with Gasteiger partial charge in [0.15, 0.2) is 5.78 Å². The van der Waals surface area contributed by atoms with E-state index in [0.29, 0.717) is 25.2 Å². The first-order valence-electron chi connectivity index (χ1n) is 12.4. The molecule has 1 aliphatic heterocycles. The minimum atomic E-state index is -0.110. The van der Waals surface area contributed by atoms with Crippen LogP contribution in [0.3, 0.4) is 0 Å². The third kappa shape index (κ3) is 6.56. The van der Waals surface area contributed by atoms with E-state index < -0.39 is 0 Å². The molecule has 9 nitrogen and oxygen atoms in total. The quantitative estimate of drug-likeness (QED) is 0.367. The summed E-state index contributed by atoms with van der Waals surface area (Å²) >= 11 is 0. The first-order chi connectivity index (χ1) is 17.4. The van der Waals surface area contributed by atoms with Crippen molar-refractivity contribution in [1.29, 1.82) is 0 Å². The standard InChI is InChI=1S/C27H34N6O3/c1-18-6-7-20(4-3-5-24(35)22-15-29-27(28)30-16-22)12-23(18)21-13-25(31-19(2)17-34)32-26(14-21)33-8-10-36-11-9-33/h6-7,12-16,19,34H,3-5,8-11,17H2,1-2H3,(H,31,32)(H2,28,29,30)/t19-/m1/s1. The summed E-state index contributed by atoms with van der Waals surface area (Å²) in [6, 6.07) is 10.5. The van der Waals surface area contributed by atoms with Crippen LogP contribution in [0.2, 0.25) is 0 Å². The highest BCUT2D eigenvalue weighted by Crippen LogP contribution is 2.31. The van der Waals surface area contributed by atoms with Gasteiger partial charge < -0.3 is 25.8 Å². The number of aliphatic hydroxyl groups is 1. The van der Waals surface area contributed by atoms with Crippen LogP contribution in [0, 0.1) is 6.92 Å². The number of nitrogens with one attached hydrogen (secondary N) is 1. The van der Waals surface area contributed by atoms with Crippen molar-refractivity contribution < 1.29 is 14.6 Å². The number of rotatable bonds is 10. The normalized spacial score (nSPS) is 14.5. The van der Waals surface area contributed by atoms with E-state index in [1.165, 1.54) is 18.0 Å². The lowest BCUT2D eigenvalue weighted by molar-refractivity contribution is 0.0979. The molecule has 4 rings (SSSR count). The Bertz CT molecular complexity index is 1180. The van der Waals surface area contributed by atoms with E-state index in [1.54, 1.807) is 0 Å². The Hall–Kier alpha value is -3.56. The number of Topliss-reactive ketones (excluding diaryl/α,β-unsaturated/α-hetero) is 1. The van der Waals surface area contributed by atoms with Crippen LogP contribution in [0.1, 0.15) is 41.3 Å². The number of aliphatic hydroxyl groups excluding tert-OH is 1. The highest BCUT2D eigenvalue weighted by molar-refractivity contribution is 5.95. The van der Waals surface area contributed by atoms with Gasteiger partial charge in [0.25, 0.3) is 0 Å². The zero-order valence-corrected chi connectivity index (χ0v) is 20.9. The fourth-order valence-electron chi connectivity index (χ4n) is 4.21. The van der Waals surface area contributed by atoms with Crippen LogP contribution in [0.25, 0.3) is 11.1 Å². The predicted molar refractivity (Wildman–Crippen MR) is 141 cm³/mol. The monoisotopic (exact) mass is 490 g/mol. The number of morpholine rings is 1. The number of aryl methyl sites for hydroxylation is 2. The Kier molecular flexibility index (Phi) is 8.45. The minimum Gasteiger partial charge on any atom is -0.394 e. The summed E-state index contributed by atoms with van der Waals surface area (Å²) in [5.74, 6) is 1.80. The van der Waals surface area contributed by atoms with Crippen molar-refractivity contribution in [2.45, 2.75) is 39.2 Å².